The van der Waals surface area contributed by atoms with Crippen LogP contribution in [-0.4, -0.2) is 21.7 Å². The molecule has 0 aliphatic rings. The molecule has 0 aliphatic carbocycles. The van der Waals surface area contributed by atoms with Crippen LogP contribution in [0.2, 0.25) is 5.15 Å². The van der Waals surface area contributed by atoms with Gasteiger partial charge in [-0.1, -0.05) is 41.9 Å². The summed E-state index contributed by atoms with van der Waals surface area (Å²) in [5.41, 5.74) is 0.990. The number of anilines is 1. The van der Waals surface area contributed by atoms with Crippen molar-refractivity contribution in [2.24, 2.45) is 0 Å². The van der Waals surface area contributed by atoms with Crippen LogP contribution in [-0.2, 0) is 0 Å². The lowest BCUT2D eigenvalue weighted by Crippen LogP contribution is -2.15. The zero-order valence-electron chi connectivity index (χ0n) is 9.05. The number of nitrogens with one attached hydrogen (secondary N) is 1. The van der Waals surface area contributed by atoms with Crippen molar-refractivity contribution >= 4 is 17.4 Å². The third kappa shape index (κ3) is 3.15. The summed E-state index contributed by atoms with van der Waals surface area (Å²) in [6.07, 6.45) is 1.38. The molecule has 4 nitrogen and oxygen atoms in total. The van der Waals surface area contributed by atoms with E-state index in [1.807, 2.05) is 30.3 Å². The number of hydrogen-bond acceptors (Lipinski definition) is 4. The van der Waals surface area contributed by atoms with Gasteiger partial charge in [-0.05, 0) is 5.56 Å². The zero-order valence-corrected chi connectivity index (χ0v) is 9.80. The number of aliphatic hydroxyl groups excluding tert-OH is 1. The number of nitrogens with zero attached hydrogens (tertiary/aromatic N) is 2. The predicted molar refractivity (Wildman–Crippen MR) is 66.9 cm³/mol. The van der Waals surface area contributed by atoms with E-state index in [2.05, 4.69) is 15.3 Å². The van der Waals surface area contributed by atoms with Crippen molar-refractivity contribution in [3.05, 3.63) is 53.4 Å². The van der Waals surface area contributed by atoms with Gasteiger partial charge in [-0.15, -0.1) is 0 Å². The topological polar surface area (TPSA) is 58.0 Å². The second-order valence-corrected chi connectivity index (χ2v) is 3.90. The lowest BCUT2D eigenvalue weighted by atomic mass is 10.1. The minimum Gasteiger partial charge on any atom is -0.394 e. The molecule has 88 valence electrons. The molecule has 1 atom stereocenters. The summed E-state index contributed by atoms with van der Waals surface area (Å²) in [6, 6.07) is 11.1. The Morgan fingerprint density at radius 1 is 1.24 bits per heavy atom. The Bertz CT molecular complexity index is 478. The predicted octanol–water partition coefficient (Wildman–Crippen LogP) is 2.28. The van der Waals surface area contributed by atoms with Gasteiger partial charge in [0, 0.05) is 6.07 Å². The monoisotopic (exact) mass is 249 g/mol. The van der Waals surface area contributed by atoms with E-state index in [0.717, 1.165) is 5.56 Å². The van der Waals surface area contributed by atoms with E-state index in [1.54, 1.807) is 6.07 Å². The molecule has 0 unspecified atom stereocenters. The van der Waals surface area contributed by atoms with E-state index in [1.165, 1.54) is 6.33 Å². The maximum Gasteiger partial charge on any atom is 0.134 e. The minimum atomic E-state index is -0.206. The summed E-state index contributed by atoms with van der Waals surface area (Å²) in [4.78, 5) is 7.83. The summed E-state index contributed by atoms with van der Waals surface area (Å²) < 4.78 is 0. The number of benzene rings is 1. The molecule has 2 N–H and O–H groups in total. The Hall–Kier alpha value is -1.65. The molecule has 1 aromatic heterocycles. The van der Waals surface area contributed by atoms with Gasteiger partial charge in [0.25, 0.3) is 0 Å². The zero-order chi connectivity index (χ0) is 12.1. The number of rotatable bonds is 4. The first-order chi connectivity index (χ1) is 8.29. The fraction of sp³-hybridized carbons (Fsp3) is 0.167. The second kappa shape index (κ2) is 5.61. The van der Waals surface area contributed by atoms with Gasteiger partial charge in [-0.2, -0.15) is 0 Å². The van der Waals surface area contributed by atoms with E-state index < -0.39 is 0 Å². The molecule has 0 spiro atoms. The average Bonchev–Trinajstić information content (AvgIpc) is 2.37. The van der Waals surface area contributed by atoms with Crippen molar-refractivity contribution in [1.82, 2.24) is 9.97 Å². The third-order valence-corrected chi connectivity index (χ3v) is 2.55. The second-order valence-electron chi connectivity index (χ2n) is 3.52. The SMILES string of the molecule is OC[C@H](Nc1cc(Cl)ncn1)c1ccccc1. The Morgan fingerprint density at radius 3 is 2.65 bits per heavy atom. The summed E-state index contributed by atoms with van der Waals surface area (Å²) in [7, 11) is 0. The molecule has 2 aromatic rings. The van der Waals surface area contributed by atoms with Crippen LogP contribution < -0.4 is 5.32 Å². The van der Waals surface area contributed by atoms with Gasteiger partial charge in [0.15, 0.2) is 0 Å². The summed E-state index contributed by atoms with van der Waals surface area (Å²) in [6.45, 7) is -0.0222. The fourth-order valence-corrected chi connectivity index (χ4v) is 1.66. The highest BCUT2D eigenvalue weighted by molar-refractivity contribution is 6.29. The average molecular weight is 250 g/mol. The van der Waals surface area contributed by atoms with E-state index >= 15 is 0 Å². The molecule has 0 aliphatic heterocycles. The lowest BCUT2D eigenvalue weighted by molar-refractivity contribution is 0.276. The lowest BCUT2D eigenvalue weighted by Gasteiger charge is -2.17. The van der Waals surface area contributed by atoms with E-state index in [4.69, 9.17) is 11.6 Å². The highest BCUT2D eigenvalue weighted by Crippen LogP contribution is 2.18. The van der Waals surface area contributed by atoms with Gasteiger partial charge in [0.2, 0.25) is 0 Å². The first-order valence-electron chi connectivity index (χ1n) is 5.19. The highest BCUT2D eigenvalue weighted by Gasteiger charge is 2.10. The third-order valence-electron chi connectivity index (χ3n) is 2.34. The van der Waals surface area contributed by atoms with Crippen LogP contribution in [0.25, 0.3) is 0 Å². The minimum absolute atomic E-state index is 0.0222. The standard InChI is InChI=1S/C12H12ClN3O/c13-11-6-12(15-8-14-11)16-10(7-17)9-4-2-1-3-5-9/h1-6,8,10,17H,7H2,(H,14,15,16)/t10-/m0/s1. The highest BCUT2D eigenvalue weighted by atomic mass is 35.5. The van der Waals surface area contributed by atoms with E-state index in [9.17, 15) is 5.11 Å². The molecule has 0 bridgehead atoms. The molecule has 5 heteroatoms. The Morgan fingerprint density at radius 2 is 2.00 bits per heavy atom. The molecular weight excluding hydrogens is 238 g/mol. The molecule has 0 radical (unpaired) electrons. The number of hydrogen-bond donors (Lipinski definition) is 2. The van der Waals surface area contributed by atoms with Gasteiger partial charge in [-0.25, -0.2) is 9.97 Å². The van der Waals surface area contributed by atoms with Gasteiger partial charge < -0.3 is 10.4 Å². The normalized spacial score (nSPS) is 12.1. The van der Waals surface area contributed by atoms with Crippen molar-refractivity contribution in [2.75, 3.05) is 11.9 Å². The molecule has 0 saturated carbocycles. The smallest absolute Gasteiger partial charge is 0.134 e. The molecule has 0 amide bonds. The molecule has 0 saturated heterocycles. The number of aliphatic hydroxyl groups is 1. The van der Waals surface area contributed by atoms with Crippen LogP contribution in [0.1, 0.15) is 11.6 Å². The van der Waals surface area contributed by atoms with Gasteiger partial charge in [0.05, 0.1) is 12.6 Å². The molecule has 17 heavy (non-hydrogen) atoms. The molecule has 1 heterocycles. The van der Waals surface area contributed by atoms with Gasteiger partial charge in [0.1, 0.15) is 17.3 Å². The van der Waals surface area contributed by atoms with Crippen LogP contribution in [0.4, 0.5) is 5.82 Å². The van der Waals surface area contributed by atoms with Crippen molar-refractivity contribution < 1.29 is 5.11 Å². The van der Waals surface area contributed by atoms with E-state index in [-0.39, 0.29) is 12.6 Å². The number of aromatic nitrogens is 2. The Balaban J connectivity index is 2.16. The largest absolute Gasteiger partial charge is 0.394 e. The van der Waals surface area contributed by atoms with Crippen molar-refractivity contribution in [3.63, 3.8) is 0 Å². The molecule has 1 aromatic carbocycles. The van der Waals surface area contributed by atoms with E-state index in [0.29, 0.717) is 11.0 Å². The summed E-state index contributed by atoms with van der Waals surface area (Å²) in [5.74, 6) is 0.591. The molecule has 2 rings (SSSR count). The maximum absolute atomic E-state index is 9.37. The maximum atomic E-state index is 9.37. The molecular formula is C12H12ClN3O. The Kier molecular flexibility index (Phi) is 3.90. The van der Waals surface area contributed by atoms with Gasteiger partial charge in [-0.3, -0.25) is 0 Å². The van der Waals surface area contributed by atoms with Crippen LogP contribution in [0, 0.1) is 0 Å². The fourth-order valence-electron chi connectivity index (χ4n) is 1.51. The van der Waals surface area contributed by atoms with Crippen molar-refractivity contribution in [3.8, 4) is 0 Å². The summed E-state index contributed by atoms with van der Waals surface area (Å²) >= 11 is 5.76. The van der Waals surface area contributed by atoms with Crippen molar-refractivity contribution in [1.29, 1.82) is 0 Å². The van der Waals surface area contributed by atoms with Crippen LogP contribution in [0.5, 0.6) is 0 Å². The Labute approximate surface area is 104 Å². The first kappa shape index (κ1) is 11.8. The first-order valence-corrected chi connectivity index (χ1v) is 5.57. The quantitative estimate of drug-likeness (QED) is 0.817. The van der Waals surface area contributed by atoms with Crippen LogP contribution in [0.3, 0.4) is 0 Å². The number of halogens is 1. The van der Waals surface area contributed by atoms with Crippen molar-refractivity contribution in [2.45, 2.75) is 6.04 Å². The summed E-state index contributed by atoms with van der Waals surface area (Å²) in [5, 5.41) is 12.8. The molecule has 0 fully saturated rings. The van der Waals surface area contributed by atoms with Gasteiger partial charge >= 0.3 is 0 Å². The van der Waals surface area contributed by atoms with Crippen LogP contribution >= 0.6 is 11.6 Å². The van der Waals surface area contributed by atoms with Crippen LogP contribution in [0.15, 0.2) is 42.7 Å².